The van der Waals surface area contributed by atoms with Crippen LogP contribution in [0, 0.1) is 3.57 Å². The number of rotatable bonds is 6. The number of carbonyl (C=O) groups excluding carboxylic acids is 2. The van der Waals surface area contributed by atoms with E-state index in [1.54, 1.807) is 54.6 Å². The smallest absolute Gasteiger partial charge is 0.343 e. The van der Waals surface area contributed by atoms with E-state index in [1.807, 2.05) is 12.1 Å². The summed E-state index contributed by atoms with van der Waals surface area (Å²) < 4.78 is 11.5. The molecule has 0 fully saturated rings. The number of benzene rings is 3. The van der Waals surface area contributed by atoms with Crippen LogP contribution in [0.15, 0.2) is 71.8 Å². The molecule has 3 aromatic rings. The van der Waals surface area contributed by atoms with Crippen molar-refractivity contribution < 1.29 is 19.1 Å². The highest BCUT2D eigenvalue weighted by atomic mass is 127. The molecule has 0 saturated carbocycles. The van der Waals surface area contributed by atoms with Crippen LogP contribution in [0.1, 0.15) is 26.3 Å². The van der Waals surface area contributed by atoms with Crippen molar-refractivity contribution in [3.8, 4) is 11.5 Å². The summed E-state index contributed by atoms with van der Waals surface area (Å²) >= 11 is 7.92. The fraction of sp³-hybridized carbons (Fsp3) is 0.0455. The SMILES string of the molecule is COc1cc(/C=N/NC(=O)c2ccccc2I)ccc1OC(=O)c1ccc(Cl)cc1. The molecule has 0 aliphatic heterocycles. The molecule has 3 aromatic carbocycles. The first-order valence-corrected chi connectivity index (χ1v) is 10.2. The van der Waals surface area contributed by atoms with Crippen LogP contribution in [0.3, 0.4) is 0 Å². The number of hydrogen-bond donors (Lipinski definition) is 1. The topological polar surface area (TPSA) is 77.0 Å². The first-order valence-electron chi connectivity index (χ1n) is 8.71. The summed E-state index contributed by atoms with van der Waals surface area (Å²) in [6.45, 7) is 0. The zero-order valence-corrected chi connectivity index (χ0v) is 18.7. The Hall–Kier alpha value is -2.91. The molecule has 0 unspecified atom stereocenters. The van der Waals surface area contributed by atoms with E-state index in [0.717, 1.165) is 3.57 Å². The van der Waals surface area contributed by atoms with E-state index in [-0.39, 0.29) is 11.7 Å². The van der Waals surface area contributed by atoms with Crippen LogP contribution >= 0.6 is 34.2 Å². The van der Waals surface area contributed by atoms with Gasteiger partial charge in [0, 0.05) is 8.59 Å². The summed E-state index contributed by atoms with van der Waals surface area (Å²) in [4.78, 5) is 24.5. The molecule has 0 spiro atoms. The van der Waals surface area contributed by atoms with E-state index in [9.17, 15) is 9.59 Å². The zero-order chi connectivity index (χ0) is 21.5. The van der Waals surface area contributed by atoms with E-state index in [1.165, 1.54) is 13.3 Å². The van der Waals surface area contributed by atoms with Crippen LogP contribution in [0.2, 0.25) is 5.02 Å². The number of amides is 1. The van der Waals surface area contributed by atoms with E-state index in [2.05, 4.69) is 33.1 Å². The molecular weight excluding hydrogens is 519 g/mol. The number of nitrogens with zero attached hydrogens (tertiary/aromatic N) is 1. The van der Waals surface area contributed by atoms with Gasteiger partial charge < -0.3 is 9.47 Å². The Morgan fingerprint density at radius 1 is 1.03 bits per heavy atom. The fourth-order valence-electron chi connectivity index (χ4n) is 2.46. The predicted octanol–water partition coefficient (Wildman–Crippen LogP) is 4.94. The van der Waals surface area contributed by atoms with Gasteiger partial charge in [-0.05, 0) is 82.8 Å². The molecule has 152 valence electrons. The number of methoxy groups -OCH3 is 1. The minimum Gasteiger partial charge on any atom is -0.493 e. The lowest BCUT2D eigenvalue weighted by Crippen LogP contribution is -2.18. The number of esters is 1. The fourth-order valence-corrected chi connectivity index (χ4v) is 3.22. The van der Waals surface area contributed by atoms with E-state index in [0.29, 0.717) is 27.5 Å². The van der Waals surface area contributed by atoms with E-state index < -0.39 is 5.97 Å². The summed E-state index contributed by atoms with van der Waals surface area (Å²) in [6, 6.07) is 18.5. The van der Waals surface area contributed by atoms with Crippen molar-refractivity contribution in [2.45, 2.75) is 0 Å². The number of hydrazone groups is 1. The van der Waals surface area contributed by atoms with Crippen molar-refractivity contribution in [2.75, 3.05) is 7.11 Å². The van der Waals surface area contributed by atoms with Gasteiger partial charge in [0.1, 0.15) is 0 Å². The number of halogens is 2. The molecule has 3 rings (SSSR count). The van der Waals surface area contributed by atoms with Gasteiger partial charge in [-0.1, -0.05) is 23.7 Å². The van der Waals surface area contributed by atoms with Gasteiger partial charge in [-0.15, -0.1) is 0 Å². The van der Waals surface area contributed by atoms with Crippen LogP contribution in [-0.2, 0) is 0 Å². The molecule has 8 heteroatoms. The lowest BCUT2D eigenvalue weighted by molar-refractivity contribution is 0.0729. The van der Waals surface area contributed by atoms with Crippen LogP contribution in [0.5, 0.6) is 11.5 Å². The van der Waals surface area contributed by atoms with Crippen molar-refractivity contribution in [3.05, 3.63) is 92.0 Å². The largest absolute Gasteiger partial charge is 0.493 e. The Morgan fingerprint density at radius 3 is 2.47 bits per heavy atom. The molecule has 1 amide bonds. The summed E-state index contributed by atoms with van der Waals surface area (Å²) in [5.74, 6) is -0.226. The Kier molecular flexibility index (Phi) is 7.42. The molecule has 6 nitrogen and oxygen atoms in total. The lowest BCUT2D eigenvalue weighted by Gasteiger charge is -2.10. The molecule has 0 aromatic heterocycles. The monoisotopic (exact) mass is 534 g/mol. The Labute approximate surface area is 192 Å². The van der Waals surface area contributed by atoms with Gasteiger partial charge >= 0.3 is 5.97 Å². The molecule has 30 heavy (non-hydrogen) atoms. The third kappa shape index (κ3) is 5.58. The maximum Gasteiger partial charge on any atom is 0.343 e. The minimum atomic E-state index is -0.531. The average Bonchev–Trinajstić information content (AvgIpc) is 2.75. The van der Waals surface area contributed by atoms with Crippen LogP contribution < -0.4 is 14.9 Å². The van der Waals surface area contributed by atoms with Crippen LogP contribution in [0.4, 0.5) is 0 Å². The molecule has 0 bridgehead atoms. The van der Waals surface area contributed by atoms with Gasteiger partial charge in [-0.3, -0.25) is 4.79 Å². The van der Waals surface area contributed by atoms with Crippen molar-refractivity contribution >= 4 is 52.3 Å². The van der Waals surface area contributed by atoms with Gasteiger partial charge in [0.2, 0.25) is 0 Å². The minimum absolute atomic E-state index is 0.262. The normalized spacial score (nSPS) is 10.6. The van der Waals surface area contributed by atoms with Crippen LogP contribution in [0.25, 0.3) is 0 Å². The second-order valence-electron chi connectivity index (χ2n) is 5.99. The number of ether oxygens (including phenoxy) is 2. The number of carbonyl (C=O) groups is 2. The predicted molar refractivity (Wildman–Crippen MR) is 124 cm³/mol. The maximum absolute atomic E-state index is 12.3. The van der Waals surface area contributed by atoms with E-state index >= 15 is 0 Å². The molecule has 0 saturated heterocycles. The second-order valence-corrected chi connectivity index (χ2v) is 7.58. The van der Waals surface area contributed by atoms with Crippen LogP contribution in [-0.4, -0.2) is 25.2 Å². The van der Waals surface area contributed by atoms with E-state index in [4.69, 9.17) is 21.1 Å². The van der Waals surface area contributed by atoms with Gasteiger partial charge in [-0.25, -0.2) is 10.2 Å². The quantitative estimate of drug-likeness (QED) is 0.160. The first-order chi connectivity index (χ1) is 14.5. The molecule has 0 radical (unpaired) electrons. The second kappa shape index (κ2) is 10.2. The average molecular weight is 535 g/mol. The summed E-state index contributed by atoms with van der Waals surface area (Å²) in [6.07, 6.45) is 1.47. The number of nitrogens with one attached hydrogen (secondary N) is 1. The molecular formula is C22H16ClIN2O4. The molecule has 1 N–H and O–H groups in total. The third-order valence-electron chi connectivity index (χ3n) is 3.97. The third-order valence-corrected chi connectivity index (χ3v) is 5.16. The Bertz CT molecular complexity index is 1100. The standard InChI is InChI=1S/C22H16ClIN2O4/c1-29-20-12-14(13-25-26-21(27)17-4-2-3-5-18(17)24)6-11-19(20)30-22(28)15-7-9-16(23)10-8-15/h2-13H,1H3,(H,26,27)/b25-13+. The summed E-state index contributed by atoms with van der Waals surface area (Å²) in [5, 5.41) is 4.51. The zero-order valence-electron chi connectivity index (χ0n) is 15.8. The lowest BCUT2D eigenvalue weighted by atomic mass is 10.2. The van der Waals surface area contributed by atoms with Crippen molar-refractivity contribution in [1.29, 1.82) is 0 Å². The highest BCUT2D eigenvalue weighted by Gasteiger charge is 2.13. The van der Waals surface area contributed by atoms with Crippen molar-refractivity contribution in [1.82, 2.24) is 5.43 Å². The maximum atomic E-state index is 12.3. The first kappa shape index (κ1) is 21.8. The summed E-state index contributed by atoms with van der Waals surface area (Å²) in [7, 11) is 1.47. The molecule has 0 aliphatic carbocycles. The molecule has 0 heterocycles. The molecule has 0 atom stereocenters. The number of hydrogen-bond acceptors (Lipinski definition) is 5. The van der Waals surface area contributed by atoms with Gasteiger partial charge in [0.15, 0.2) is 11.5 Å². The molecule has 0 aliphatic rings. The Morgan fingerprint density at radius 2 is 1.77 bits per heavy atom. The highest BCUT2D eigenvalue weighted by molar-refractivity contribution is 14.1. The Balaban J connectivity index is 1.68. The summed E-state index contributed by atoms with van der Waals surface area (Å²) in [5.41, 5.74) is 4.05. The van der Waals surface area contributed by atoms with Gasteiger partial charge in [0.05, 0.1) is 24.5 Å². The van der Waals surface area contributed by atoms with Crippen molar-refractivity contribution in [2.24, 2.45) is 5.10 Å². The van der Waals surface area contributed by atoms with Gasteiger partial charge in [-0.2, -0.15) is 5.10 Å². The van der Waals surface area contributed by atoms with Crippen molar-refractivity contribution in [3.63, 3.8) is 0 Å². The van der Waals surface area contributed by atoms with Gasteiger partial charge in [0.25, 0.3) is 5.91 Å². The highest BCUT2D eigenvalue weighted by Crippen LogP contribution is 2.28.